The lowest BCUT2D eigenvalue weighted by Crippen LogP contribution is -2.35. The summed E-state index contributed by atoms with van der Waals surface area (Å²) in [5.41, 5.74) is 2.26. The number of H-pyrrole nitrogens is 1. The smallest absolute Gasteiger partial charge is 0.233 e. The number of rotatable bonds is 6. The van der Waals surface area contributed by atoms with E-state index in [0.29, 0.717) is 6.54 Å². The fourth-order valence-electron chi connectivity index (χ4n) is 4.43. The lowest BCUT2D eigenvalue weighted by Gasteiger charge is -2.19. The van der Waals surface area contributed by atoms with Gasteiger partial charge >= 0.3 is 0 Å². The molecule has 1 saturated carbocycles. The maximum absolute atomic E-state index is 12.4. The van der Waals surface area contributed by atoms with Gasteiger partial charge in [0.15, 0.2) is 0 Å². The van der Waals surface area contributed by atoms with Gasteiger partial charge in [0.05, 0.1) is 11.8 Å². The van der Waals surface area contributed by atoms with E-state index in [1.807, 2.05) is 24.4 Å². The first kappa shape index (κ1) is 17.8. The van der Waals surface area contributed by atoms with Crippen LogP contribution in [0.3, 0.4) is 0 Å². The highest BCUT2D eigenvalue weighted by Gasteiger charge is 2.47. The number of nitrogens with one attached hydrogen (secondary N) is 2. The summed E-state index contributed by atoms with van der Waals surface area (Å²) in [6.07, 6.45) is 6.53. The van der Waals surface area contributed by atoms with Crippen LogP contribution in [0.5, 0.6) is 0 Å². The molecule has 2 unspecified atom stereocenters. The Morgan fingerprint density at radius 1 is 1.11 bits per heavy atom. The first-order chi connectivity index (χ1) is 13.1. The molecule has 142 valence electrons. The number of nitrogens with zero attached hydrogens (tertiary/aromatic N) is 1. The summed E-state index contributed by atoms with van der Waals surface area (Å²) in [7, 11) is 0. The topological polar surface area (TPSA) is 82.3 Å². The van der Waals surface area contributed by atoms with Crippen LogP contribution in [0.4, 0.5) is 0 Å². The van der Waals surface area contributed by atoms with Crippen molar-refractivity contribution < 1.29 is 14.4 Å². The van der Waals surface area contributed by atoms with Crippen LogP contribution in [-0.2, 0) is 20.8 Å². The predicted octanol–water partition coefficient (Wildman–Crippen LogP) is 2.39. The van der Waals surface area contributed by atoms with Crippen molar-refractivity contribution in [2.24, 2.45) is 11.8 Å². The van der Waals surface area contributed by atoms with Gasteiger partial charge in [0.25, 0.3) is 0 Å². The number of imide groups is 1. The van der Waals surface area contributed by atoms with E-state index in [0.717, 1.165) is 37.6 Å². The molecule has 27 heavy (non-hydrogen) atoms. The first-order valence-electron chi connectivity index (χ1n) is 9.82. The molecule has 2 atom stereocenters. The van der Waals surface area contributed by atoms with Crippen molar-refractivity contribution in [3.8, 4) is 0 Å². The molecular weight excluding hydrogens is 342 g/mol. The third-order valence-corrected chi connectivity index (χ3v) is 5.89. The number of benzene rings is 1. The van der Waals surface area contributed by atoms with Crippen LogP contribution in [0.1, 0.15) is 37.7 Å². The number of carbonyl (C=O) groups is 3. The van der Waals surface area contributed by atoms with E-state index < -0.39 is 0 Å². The molecule has 2 N–H and O–H groups in total. The minimum Gasteiger partial charge on any atom is -0.361 e. The van der Waals surface area contributed by atoms with Crippen LogP contribution in [0.2, 0.25) is 0 Å². The van der Waals surface area contributed by atoms with Gasteiger partial charge in [0.1, 0.15) is 0 Å². The third kappa shape index (κ3) is 3.48. The van der Waals surface area contributed by atoms with Crippen molar-refractivity contribution in [3.63, 3.8) is 0 Å². The number of fused-ring (bicyclic) bond motifs is 2. The number of carbonyl (C=O) groups excluding carboxylic acids is 3. The van der Waals surface area contributed by atoms with Gasteiger partial charge in [-0.3, -0.25) is 19.3 Å². The number of aromatic amines is 1. The summed E-state index contributed by atoms with van der Waals surface area (Å²) in [6, 6.07) is 8.08. The lowest BCUT2D eigenvalue weighted by molar-refractivity contribution is -0.140. The molecule has 6 heteroatoms. The Hall–Kier alpha value is -2.63. The molecule has 1 saturated heterocycles. The van der Waals surface area contributed by atoms with Crippen molar-refractivity contribution in [1.82, 2.24) is 15.2 Å². The average Bonchev–Trinajstić information content (AvgIpc) is 3.20. The molecule has 0 bridgehead atoms. The van der Waals surface area contributed by atoms with Gasteiger partial charge < -0.3 is 10.3 Å². The van der Waals surface area contributed by atoms with Crippen LogP contribution in [0.15, 0.2) is 30.5 Å². The molecule has 0 radical (unpaired) electrons. The van der Waals surface area contributed by atoms with Gasteiger partial charge in [-0.1, -0.05) is 31.0 Å². The number of hydrogen-bond acceptors (Lipinski definition) is 3. The van der Waals surface area contributed by atoms with Crippen LogP contribution in [0, 0.1) is 11.8 Å². The fourth-order valence-corrected chi connectivity index (χ4v) is 4.43. The van der Waals surface area contributed by atoms with E-state index in [1.165, 1.54) is 15.8 Å². The van der Waals surface area contributed by atoms with E-state index in [-0.39, 0.29) is 42.5 Å². The molecule has 1 aliphatic carbocycles. The maximum Gasteiger partial charge on any atom is 0.233 e. The second kappa shape index (κ2) is 7.55. The monoisotopic (exact) mass is 367 g/mol. The van der Waals surface area contributed by atoms with Gasteiger partial charge in [-0.2, -0.15) is 0 Å². The summed E-state index contributed by atoms with van der Waals surface area (Å²) in [6.45, 7) is 0.734. The molecule has 1 aromatic heterocycles. The standard InChI is InChI=1S/C21H25N3O3/c25-19(22-11-9-14-13-23-18-8-4-3-5-15(14)18)10-12-24-20(26)16-6-1-2-7-17(16)21(24)27/h3-5,8,13,16-17,23H,1-2,6-7,9-12H2,(H,22,25). The minimum absolute atomic E-state index is 0.0729. The molecule has 1 aromatic carbocycles. The molecule has 0 spiro atoms. The van der Waals surface area contributed by atoms with Crippen molar-refractivity contribution in [3.05, 3.63) is 36.0 Å². The van der Waals surface area contributed by atoms with Crippen LogP contribution >= 0.6 is 0 Å². The second-order valence-corrected chi connectivity index (χ2v) is 7.54. The Morgan fingerprint density at radius 3 is 2.56 bits per heavy atom. The molecule has 2 heterocycles. The quantitative estimate of drug-likeness (QED) is 0.769. The summed E-state index contributed by atoms with van der Waals surface area (Å²) in [4.78, 5) is 41.6. The van der Waals surface area contributed by atoms with E-state index in [1.54, 1.807) is 0 Å². The van der Waals surface area contributed by atoms with Crippen LogP contribution in [0.25, 0.3) is 10.9 Å². The zero-order chi connectivity index (χ0) is 18.8. The minimum atomic E-state index is -0.142. The number of para-hydroxylation sites is 1. The first-order valence-corrected chi connectivity index (χ1v) is 9.82. The SMILES string of the molecule is O=C(CCN1C(=O)C2CCCCC2C1=O)NCCc1c[nH]c2ccccc12. The van der Waals surface area contributed by atoms with Crippen LogP contribution in [-0.4, -0.2) is 40.7 Å². The number of aromatic nitrogens is 1. The average molecular weight is 367 g/mol. The molecule has 6 nitrogen and oxygen atoms in total. The molecule has 2 fully saturated rings. The lowest BCUT2D eigenvalue weighted by atomic mass is 9.81. The van der Waals surface area contributed by atoms with Gasteiger partial charge in [-0.25, -0.2) is 0 Å². The molecule has 3 amide bonds. The Labute approximate surface area is 158 Å². The number of hydrogen-bond donors (Lipinski definition) is 2. The van der Waals surface area contributed by atoms with Gasteiger partial charge in [0, 0.05) is 36.6 Å². The third-order valence-electron chi connectivity index (χ3n) is 5.89. The Morgan fingerprint density at radius 2 is 1.81 bits per heavy atom. The van der Waals surface area contributed by atoms with E-state index in [2.05, 4.69) is 16.4 Å². The zero-order valence-electron chi connectivity index (χ0n) is 15.4. The summed E-state index contributed by atoms with van der Waals surface area (Å²) in [5.74, 6) is -0.551. The Bertz CT molecular complexity index is 848. The van der Waals surface area contributed by atoms with E-state index >= 15 is 0 Å². The highest BCUT2D eigenvalue weighted by atomic mass is 16.2. The molecule has 1 aliphatic heterocycles. The Kier molecular flexibility index (Phi) is 4.97. The largest absolute Gasteiger partial charge is 0.361 e. The van der Waals surface area contributed by atoms with Gasteiger partial charge in [-0.05, 0) is 30.9 Å². The normalized spacial score (nSPS) is 22.3. The highest BCUT2D eigenvalue weighted by Crippen LogP contribution is 2.37. The molecular formula is C21H25N3O3. The summed E-state index contributed by atoms with van der Waals surface area (Å²) in [5, 5.41) is 4.07. The predicted molar refractivity (Wildman–Crippen MR) is 102 cm³/mol. The van der Waals surface area contributed by atoms with Crippen molar-refractivity contribution in [2.75, 3.05) is 13.1 Å². The van der Waals surface area contributed by atoms with Gasteiger partial charge in [-0.15, -0.1) is 0 Å². The second-order valence-electron chi connectivity index (χ2n) is 7.54. The number of amides is 3. The van der Waals surface area contributed by atoms with Crippen molar-refractivity contribution in [1.29, 1.82) is 0 Å². The summed E-state index contributed by atoms with van der Waals surface area (Å²) >= 11 is 0. The molecule has 2 aromatic rings. The molecule has 2 aliphatic rings. The number of likely N-dealkylation sites (tertiary alicyclic amines) is 1. The molecule has 4 rings (SSSR count). The summed E-state index contributed by atoms with van der Waals surface area (Å²) < 4.78 is 0. The highest BCUT2D eigenvalue weighted by molar-refractivity contribution is 6.05. The zero-order valence-corrected chi connectivity index (χ0v) is 15.4. The maximum atomic E-state index is 12.4. The van der Waals surface area contributed by atoms with Crippen LogP contribution < -0.4 is 5.32 Å². The fraction of sp³-hybridized carbons (Fsp3) is 0.476. The van der Waals surface area contributed by atoms with E-state index in [9.17, 15) is 14.4 Å². The van der Waals surface area contributed by atoms with Crippen molar-refractivity contribution in [2.45, 2.75) is 38.5 Å². The van der Waals surface area contributed by atoms with Gasteiger partial charge in [0.2, 0.25) is 17.7 Å². The van der Waals surface area contributed by atoms with Crippen molar-refractivity contribution >= 4 is 28.6 Å². The van der Waals surface area contributed by atoms with E-state index in [4.69, 9.17) is 0 Å². The Balaban J connectivity index is 1.25.